The zero-order valence-electron chi connectivity index (χ0n) is 18.6. The maximum Gasteiger partial charge on any atom is 0.243 e. The third-order valence-corrected chi connectivity index (χ3v) is 7.69. The minimum Gasteiger partial charge on any atom is -0.352 e. The number of carbonyl (C=O) groups excluding carboxylic acids is 1. The van der Waals surface area contributed by atoms with Crippen LogP contribution in [0.2, 0.25) is 0 Å². The molecule has 2 aromatic carbocycles. The van der Waals surface area contributed by atoms with Crippen molar-refractivity contribution in [3.63, 3.8) is 0 Å². The maximum atomic E-state index is 13.8. The Kier molecular flexibility index (Phi) is 7.63. The Morgan fingerprint density at radius 2 is 1.66 bits per heavy atom. The summed E-state index contributed by atoms with van der Waals surface area (Å²) in [5, 5.41) is 2.76. The number of benzene rings is 2. The van der Waals surface area contributed by atoms with Gasteiger partial charge in [-0.1, -0.05) is 12.1 Å². The highest BCUT2D eigenvalue weighted by molar-refractivity contribution is 7.89. The van der Waals surface area contributed by atoms with Crippen LogP contribution in [0.5, 0.6) is 0 Å². The summed E-state index contributed by atoms with van der Waals surface area (Å²) in [5.41, 5.74) is 1.91. The van der Waals surface area contributed by atoms with E-state index in [9.17, 15) is 22.0 Å². The van der Waals surface area contributed by atoms with Crippen molar-refractivity contribution in [2.45, 2.75) is 38.1 Å². The monoisotopic (exact) mass is 465 g/mol. The summed E-state index contributed by atoms with van der Waals surface area (Å²) in [5.74, 6) is -1.53. The Bertz CT molecular complexity index is 1060. The Hall–Kier alpha value is -2.36. The van der Waals surface area contributed by atoms with Crippen molar-refractivity contribution in [2.24, 2.45) is 0 Å². The molecule has 0 aromatic heterocycles. The van der Waals surface area contributed by atoms with Gasteiger partial charge in [0.05, 0.1) is 11.4 Å². The van der Waals surface area contributed by atoms with Gasteiger partial charge in [0.25, 0.3) is 0 Å². The first-order valence-electron chi connectivity index (χ1n) is 10.6. The molecule has 1 N–H and O–H groups in total. The predicted octanol–water partition coefficient (Wildman–Crippen LogP) is 2.64. The van der Waals surface area contributed by atoms with Gasteiger partial charge in [0, 0.05) is 37.8 Å². The Morgan fingerprint density at radius 1 is 1.03 bits per heavy atom. The van der Waals surface area contributed by atoms with Crippen molar-refractivity contribution in [1.29, 1.82) is 0 Å². The van der Waals surface area contributed by atoms with Gasteiger partial charge in [-0.15, -0.1) is 0 Å². The fourth-order valence-electron chi connectivity index (χ4n) is 3.76. The van der Waals surface area contributed by atoms with Crippen molar-refractivity contribution in [3.05, 3.63) is 64.7 Å². The molecule has 0 aliphatic carbocycles. The smallest absolute Gasteiger partial charge is 0.243 e. The van der Waals surface area contributed by atoms with Crippen LogP contribution in [0.15, 0.2) is 41.3 Å². The second-order valence-electron chi connectivity index (χ2n) is 8.30. The van der Waals surface area contributed by atoms with E-state index in [2.05, 4.69) is 5.32 Å². The van der Waals surface area contributed by atoms with Crippen molar-refractivity contribution >= 4 is 15.9 Å². The number of amides is 1. The molecular weight excluding hydrogens is 436 g/mol. The molecule has 2 aromatic rings. The predicted molar refractivity (Wildman–Crippen MR) is 119 cm³/mol. The highest BCUT2D eigenvalue weighted by Crippen LogP contribution is 2.20. The number of nitrogens with one attached hydrogen (secondary N) is 1. The molecule has 6 nitrogen and oxygen atoms in total. The third kappa shape index (κ3) is 5.70. The number of aryl methyl sites for hydroxylation is 2. The number of hydrogen-bond acceptors (Lipinski definition) is 4. The first kappa shape index (κ1) is 24.3. The van der Waals surface area contributed by atoms with E-state index in [4.69, 9.17) is 0 Å². The third-order valence-electron chi connectivity index (χ3n) is 5.79. The van der Waals surface area contributed by atoms with Crippen molar-refractivity contribution in [3.8, 4) is 0 Å². The van der Waals surface area contributed by atoms with Gasteiger partial charge in [-0.3, -0.25) is 9.69 Å². The van der Waals surface area contributed by atoms with Gasteiger partial charge in [-0.25, -0.2) is 17.2 Å². The zero-order valence-corrected chi connectivity index (χ0v) is 19.4. The van der Waals surface area contributed by atoms with E-state index in [0.717, 1.165) is 11.1 Å². The first-order chi connectivity index (χ1) is 15.1. The molecule has 32 heavy (non-hydrogen) atoms. The van der Waals surface area contributed by atoms with Crippen LogP contribution in [-0.2, 0) is 21.2 Å². The summed E-state index contributed by atoms with van der Waals surface area (Å²) in [7, 11) is -3.58. The second kappa shape index (κ2) is 10.1. The molecule has 3 rings (SSSR count). The van der Waals surface area contributed by atoms with Crippen LogP contribution < -0.4 is 5.32 Å². The summed E-state index contributed by atoms with van der Waals surface area (Å²) in [6.45, 7) is 7.04. The van der Waals surface area contributed by atoms with Crippen LogP contribution in [0.1, 0.15) is 23.6 Å². The lowest BCUT2D eigenvalue weighted by Crippen LogP contribution is -2.51. The molecule has 1 atom stereocenters. The molecule has 1 amide bonds. The highest BCUT2D eigenvalue weighted by atomic mass is 32.2. The fourth-order valence-corrected chi connectivity index (χ4v) is 5.27. The largest absolute Gasteiger partial charge is 0.352 e. The zero-order chi connectivity index (χ0) is 23.5. The SMILES string of the molecule is Cc1ccc(S(=O)(=O)N2CCN(CC(=O)NC(C)Cc3c(F)cccc3F)CC2)cc1C. The van der Waals surface area contributed by atoms with Gasteiger partial charge < -0.3 is 5.32 Å². The standard InChI is InChI=1S/C23H29F2N3O3S/c1-16-7-8-19(13-17(16)2)32(30,31)28-11-9-27(10-12-28)15-23(29)26-18(3)14-20-21(24)5-4-6-22(20)25/h4-8,13,18H,9-12,14-15H2,1-3H3,(H,26,29). The average Bonchev–Trinajstić information content (AvgIpc) is 2.73. The Morgan fingerprint density at radius 3 is 2.25 bits per heavy atom. The van der Waals surface area contributed by atoms with Gasteiger partial charge in [-0.2, -0.15) is 4.31 Å². The number of piperazine rings is 1. The Labute approximate surface area is 188 Å². The summed E-state index contributed by atoms with van der Waals surface area (Å²) in [6.07, 6.45) is 0.0479. The quantitative estimate of drug-likeness (QED) is 0.683. The van der Waals surface area contributed by atoms with E-state index >= 15 is 0 Å². The highest BCUT2D eigenvalue weighted by Gasteiger charge is 2.29. The summed E-state index contributed by atoms with van der Waals surface area (Å²) in [6, 6.07) is 8.35. The lowest BCUT2D eigenvalue weighted by molar-refractivity contribution is -0.123. The van der Waals surface area contributed by atoms with E-state index in [1.54, 1.807) is 25.1 Å². The molecule has 1 saturated heterocycles. The molecule has 1 heterocycles. The molecule has 0 bridgehead atoms. The van der Waals surface area contributed by atoms with Crippen LogP contribution in [0, 0.1) is 25.5 Å². The number of carbonyl (C=O) groups is 1. The fraction of sp³-hybridized carbons (Fsp3) is 0.435. The maximum absolute atomic E-state index is 13.8. The Balaban J connectivity index is 1.51. The lowest BCUT2D eigenvalue weighted by atomic mass is 10.1. The van der Waals surface area contributed by atoms with Gasteiger partial charge in [0.15, 0.2) is 0 Å². The summed E-state index contributed by atoms with van der Waals surface area (Å²) >= 11 is 0. The van der Waals surface area contributed by atoms with Crippen molar-refractivity contribution in [2.75, 3.05) is 32.7 Å². The van der Waals surface area contributed by atoms with E-state index < -0.39 is 27.7 Å². The molecule has 1 aliphatic rings. The van der Waals surface area contributed by atoms with Gasteiger partial charge in [-0.05, 0) is 62.6 Å². The summed E-state index contributed by atoms with van der Waals surface area (Å²) in [4.78, 5) is 14.5. The van der Waals surface area contributed by atoms with E-state index in [0.29, 0.717) is 26.2 Å². The van der Waals surface area contributed by atoms with Crippen LogP contribution in [0.4, 0.5) is 8.78 Å². The van der Waals surface area contributed by atoms with Crippen molar-refractivity contribution < 1.29 is 22.0 Å². The molecule has 1 aliphatic heterocycles. The number of halogens is 2. The minimum atomic E-state index is -3.58. The van der Waals surface area contributed by atoms with E-state index in [1.165, 1.54) is 22.5 Å². The van der Waals surface area contributed by atoms with Gasteiger partial charge in [0.1, 0.15) is 11.6 Å². The molecule has 0 radical (unpaired) electrons. The van der Waals surface area contributed by atoms with Crippen LogP contribution in [0.3, 0.4) is 0 Å². The number of rotatable bonds is 7. The van der Waals surface area contributed by atoms with Gasteiger partial charge in [0.2, 0.25) is 15.9 Å². The topological polar surface area (TPSA) is 69.7 Å². The lowest BCUT2D eigenvalue weighted by Gasteiger charge is -2.33. The van der Waals surface area contributed by atoms with Crippen molar-refractivity contribution in [1.82, 2.24) is 14.5 Å². The number of nitrogens with zero attached hydrogens (tertiary/aromatic N) is 2. The minimum absolute atomic E-state index is 0.0479. The molecule has 1 unspecified atom stereocenters. The molecular formula is C23H29F2N3O3S. The van der Waals surface area contributed by atoms with Crippen LogP contribution in [-0.4, -0.2) is 62.3 Å². The van der Waals surface area contributed by atoms with Crippen LogP contribution in [0.25, 0.3) is 0 Å². The van der Waals surface area contributed by atoms with Crippen LogP contribution >= 0.6 is 0 Å². The number of sulfonamides is 1. The van der Waals surface area contributed by atoms with E-state index in [-0.39, 0.29) is 29.3 Å². The molecule has 0 spiro atoms. The second-order valence-corrected chi connectivity index (χ2v) is 10.2. The molecule has 9 heteroatoms. The first-order valence-corrected chi connectivity index (χ1v) is 12.0. The molecule has 1 fully saturated rings. The average molecular weight is 466 g/mol. The molecule has 0 saturated carbocycles. The number of hydrogen-bond donors (Lipinski definition) is 1. The summed E-state index contributed by atoms with van der Waals surface area (Å²) < 4.78 is 54.9. The molecule has 174 valence electrons. The van der Waals surface area contributed by atoms with Gasteiger partial charge >= 0.3 is 0 Å². The normalized spacial score (nSPS) is 16.7. The van der Waals surface area contributed by atoms with E-state index in [1.807, 2.05) is 18.7 Å².